The second kappa shape index (κ2) is 9.49. The van der Waals surface area contributed by atoms with Crippen LogP contribution in [-0.2, 0) is 21.4 Å². The van der Waals surface area contributed by atoms with E-state index in [9.17, 15) is 17.6 Å². The lowest BCUT2D eigenvalue weighted by Crippen LogP contribution is -2.47. The van der Waals surface area contributed by atoms with Crippen LogP contribution in [0.3, 0.4) is 0 Å². The van der Waals surface area contributed by atoms with Gasteiger partial charge in [0.2, 0.25) is 15.9 Å². The lowest BCUT2D eigenvalue weighted by atomic mass is 10.1. The van der Waals surface area contributed by atoms with E-state index in [2.05, 4.69) is 4.98 Å². The van der Waals surface area contributed by atoms with E-state index in [0.29, 0.717) is 22.7 Å². The van der Waals surface area contributed by atoms with Gasteiger partial charge in [0.05, 0.1) is 16.1 Å². The van der Waals surface area contributed by atoms with Crippen LogP contribution in [0.5, 0.6) is 0 Å². The summed E-state index contributed by atoms with van der Waals surface area (Å²) in [7, 11) is -3.86. The minimum Gasteiger partial charge on any atom is -0.282 e. The smallest absolute Gasteiger partial charge is 0.247 e. The molecule has 9 heteroatoms. The monoisotopic (exact) mass is 509 g/mol. The molecular formula is C26H24FN3O3S2. The Morgan fingerprint density at radius 3 is 2.54 bits per heavy atom. The largest absolute Gasteiger partial charge is 0.282 e. The van der Waals surface area contributed by atoms with Crippen molar-refractivity contribution in [2.45, 2.75) is 37.2 Å². The summed E-state index contributed by atoms with van der Waals surface area (Å²) in [5.41, 5.74) is 2.02. The quantitative estimate of drug-likeness (QED) is 0.361. The van der Waals surface area contributed by atoms with Crippen molar-refractivity contribution in [3.8, 4) is 0 Å². The van der Waals surface area contributed by atoms with E-state index in [1.807, 2.05) is 37.3 Å². The van der Waals surface area contributed by atoms with Crippen LogP contribution in [0.25, 0.3) is 10.2 Å². The molecule has 35 heavy (non-hydrogen) atoms. The number of fused-ring (bicyclic) bond motifs is 1. The first-order valence-electron chi connectivity index (χ1n) is 11.3. The van der Waals surface area contributed by atoms with Gasteiger partial charge >= 0.3 is 0 Å². The summed E-state index contributed by atoms with van der Waals surface area (Å²) >= 11 is 1.22. The van der Waals surface area contributed by atoms with E-state index in [4.69, 9.17) is 0 Å². The molecule has 180 valence electrons. The standard InChI is InChI=1S/C26H24FN3O3S2/c1-18-12-14-20(15-13-18)35(32,33)30-16-6-10-22(30)25(31)29(17-19-7-3-2-4-8-19)26-28-24-21(27)9-5-11-23(24)34-26/h2-5,7-9,11-15,22H,6,10,16-17H2,1H3. The topological polar surface area (TPSA) is 70.6 Å². The number of thiazole rings is 1. The number of carbonyl (C=O) groups excluding carboxylic acids is 1. The summed E-state index contributed by atoms with van der Waals surface area (Å²) in [6, 6.07) is 19.9. The zero-order valence-corrected chi connectivity index (χ0v) is 20.7. The molecule has 0 spiro atoms. The predicted molar refractivity (Wildman–Crippen MR) is 135 cm³/mol. The van der Waals surface area contributed by atoms with Crippen molar-refractivity contribution in [1.29, 1.82) is 0 Å². The minimum absolute atomic E-state index is 0.166. The van der Waals surface area contributed by atoms with Gasteiger partial charge in [0, 0.05) is 6.54 Å². The molecule has 1 saturated heterocycles. The summed E-state index contributed by atoms with van der Waals surface area (Å²) in [5.74, 6) is -0.817. The molecule has 0 bridgehead atoms. The molecule has 4 aromatic rings. The van der Waals surface area contributed by atoms with Crippen molar-refractivity contribution in [3.63, 3.8) is 0 Å². The summed E-state index contributed by atoms with van der Waals surface area (Å²) < 4.78 is 43.2. The number of carbonyl (C=O) groups is 1. The maximum absolute atomic E-state index is 14.4. The van der Waals surface area contributed by atoms with Gasteiger partial charge in [-0.15, -0.1) is 0 Å². The first-order valence-corrected chi connectivity index (χ1v) is 13.6. The Morgan fingerprint density at radius 2 is 1.83 bits per heavy atom. The van der Waals surface area contributed by atoms with Crippen molar-refractivity contribution in [2.24, 2.45) is 0 Å². The molecule has 1 aliphatic rings. The number of para-hydroxylation sites is 1. The second-order valence-electron chi connectivity index (χ2n) is 8.58. The molecule has 6 nitrogen and oxygen atoms in total. The molecule has 0 saturated carbocycles. The first-order chi connectivity index (χ1) is 16.8. The lowest BCUT2D eigenvalue weighted by molar-refractivity contribution is -0.121. The van der Waals surface area contributed by atoms with Crippen molar-refractivity contribution >= 4 is 42.6 Å². The molecule has 0 aliphatic carbocycles. The summed E-state index contributed by atoms with van der Waals surface area (Å²) in [4.78, 5) is 20.0. The average Bonchev–Trinajstić information content (AvgIpc) is 3.52. The van der Waals surface area contributed by atoms with Crippen LogP contribution in [0.2, 0.25) is 0 Å². The van der Waals surface area contributed by atoms with E-state index in [1.54, 1.807) is 36.4 Å². The average molecular weight is 510 g/mol. The molecule has 1 amide bonds. The molecule has 1 unspecified atom stereocenters. The van der Waals surface area contributed by atoms with Gasteiger partial charge in [-0.3, -0.25) is 9.69 Å². The molecule has 0 N–H and O–H groups in total. The molecule has 3 aromatic carbocycles. The number of benzene rings is 3. The van der Waals surface area contributed by atoms with Gasteiger partial charge in [-0.05, 0) is 49.6 Å². The Balaban J connectivity index is 1.53. The van der Waals surface area contributed by atoms with Crippen molar-refractivity contribution in [3.05, 3.63) is 89.7 Å². The molecule has 1 fully saturated rings. The number of aryl methyl sites for hydroxylation is 1. The van der Waals surface area contributed by atoms with Gasteiger partial charge in [0.1, 0.15) is 17.4 Å². The fourth-order valence-corrected chi connectivity index (χ4v) is 6.96. The van der Waals surface area contributed by atoms with Gasteiger partial charge in [-0.1, -0.05) is 65.4 Å². The highest BCUT2D eigenvalue weighted by Crippen LogP contribution is 2.34. The third-order valence-electron chi connectivity index (χ3n) is 6.16. The minimum atomic E-state index is -3.86. The maximum atomic E-state index is 14.4. The van der Waals surface area contributed by atoms with E-state index in [-0.39, 0.29) is 29.4 Å². The van der Waals surface area contributed by atoms with Gasteiger partial charge in [-0.25, -0.2) is 17.8 Å². The van der Waals surface area contributed by atoms with Crippen LogP contribution in [0.4, 0.5) is 9.52 Å². The number of rotatable bonds is 6. The molecule has 0 radical (unpaired) electrons. The van der Waals surface area contributed by atoms with E-state index in [1.165, 1.54) is 26.6 Å². The Labute approximate surface area is 207 Å². The van der Waals surface area contributed by atoms with Crippen molar-refractivity contribution in [1.82, 2.24) is 9.29 Å². The van der Waals surface area contributed by atoms with Gasteiger partial charge in [0.25, 0.3) is 0 Å². The Hall–Kier alpha value is -3.14. The maximum Gasteiger partial charge on any atom is 0.247 e. The summed E-state index contributed by atoms with van der Waals surface area (Å²) in [6.45, 7) is 2.36. The van der Waals surface area contributed by atoms with E-state index < -0.39 is 21.9 Å². The fourth-order valence-electron chi connectivity index (χ4n) is 4.32. The highest BCUT2D eigenvalue weighted by atomic mass is 32.2. The molecular weight excluding hydrogens is 485 g/mol. The number of sulfonamides is 1. The highest BCUT2D eigenvalue weighted by Gasteiger charge is 2.42. The Bertz CT molecular complexity index is 1470. The number of hydrogen-bond donors (Lipinski definition) is 0. The highest BCUT2D eigenvalue weighted by molar-refractivity contribution is 7.89. The molecule has 1 atom stereocenters. The van der Waals surface area contributed by atoms with Crippen LogP contribution in [0.15, 0.2) is 77.7 Å². The van der Waals surface area contributed by atoms with Crippen LogP contribution in [0.1, 0.15) is 24.0 Å². The van der Waals surface area contributed by atoms with Gasteiger partial charge < -0.3 is 0 Å². The zero-order chi connectivity index (χ0) is 24.6. The number of halogens is 1. The molecule has 5 rings (SSSR count). The molecule has 1 aromatic heterocycles. The third-order valence-corrected chi connectivity index (χ3v) is 9.12. The van der Waals surface area contributed by atoms with Crippen molar-refractivity contribution in [2.75, 3.05) is 11.4 Å². The summed E-state index contributed by atoms with van der Waals surface area (Å²) in [6.07, 6.45) is 0.990. The zero-order valence-electron chi connectivity index (χ0n) is 19.1. The second-order valence-corrected chi connectivity index (χ2v) is 11.5. The SMILES string of the molecule is Cc1ccc(S(=O)(=O)N2CCCC2C(=O)N(Cc2ccccc2)c2nc3c(F)cccc3s2)cc1. The molecule has 2 heterocycles. The Morgan fingerprint density at radius 1 is 1.09 bits per heavy atom. The van der Waals surface area contributed by atoms with Crippen LogP contribution in [0, 0.1) is 12.7 Å². The fraction of sp³-hybridized carbons (Fsp3) is 0.231. The normalized spacial score (nSPS) is 16.6. The van der Waals surface area contributed by atoms with Crippen LogP contribution in [-0.4, -0.2) is 36.2 Å². The van der Waals surface area contributed by atoms with E-state index in [0.717, 1.165) is 11.1 Å². The predicted octanol–water partition coefficient (Wildman–Crippen LogP) is 5.13. The van der Waals surface area contributed by atoms with Crippen LogP contribution >= 0.6 is 11.3 Å². The van der Waals surface area contributed by atoms with E-state index >= 15 is 0 Å². The number of amides is 1. The van der Waals surface area contributed by atoms with Crippen molar-refractivity contribution < 1.29 is 17.6 Å². The third kappa shape index (κ3) is 4.59. The first kappa shape index (κ1) is 23.6. The number of nitrogens with zero attached hydrogens (tertiary/aromatic N) is 3. The summed E-state index contributed by atoms with van der Waals surface area (Å²) in [5, 5.41) is 0.346. The molecule has 1 aliphatic heterocycles. The van der Waals surface area contributed by atoms with Gasteiger partial charge in [0.15, 0.2) is 5.13 Å². The lowest BCUT2D eigenvalue weighted by Gasteiger charge is -2.28. The Kier molecular flexibility index (Phi) is 6.39. The number of aromatic nitrogens is 1. The number of hydrogen-bond acceptors (Lipinski definition) is 5. The van der Waals surface area contributed by atoms with Gasteiger partial charge in [-0.2, -0.15) is 4.31 Å². The van der Waals surface area contributed by atoms with Crippen LogP contribution < -0.4 is 4.90 Å². The number of anilines is 1.